The van der Waals surface area contributed by atoms with Gasteiger partial charge in [0.15, 0.2) is 5.78 Å². The van der Waals surface area contributed by atoms with Gasteiger partial charge >= 0.3 is 5.97 Å². The van der Waals surface area contributed by atoms with Gasteiger partial charge in [-0.25, -0.2) is 0 Å². The van der Waals surface area contributed by atoms with Crippen molar-refractivity contribution in [1.29, 1.82) is 0 Å². The third-order valence-corrected chi connectivity index (χ3v) is 3.56. The molecule has 0 saturated carbocycles. The Morgan fingerprint density at radius 3 is 2.04 bits per heavy atom. The molecule has 2 aromatic carbocycles. The molecule has 0 amide bonds. The number of carbonyl (C=O) groups is 2. The van der Waals surface area contributed by atoms with Gasteiger partial charge in [-0.3, -0.25) is 9.59 Å². The number of rotatable bonds is 6. The first-order chi connectivity index (χ1) is 11.5. The first-order valence-electron chi connectivity index (χ1n) is 8.14. The van der Waals surface area contributed by atoms with Crippen molar-refractivity contribution >= 4 is 11.8 Å². The molecule has 2 aromatic rings. The van der Waals surface area contributed by atoms with Gasteiger partial charge in [-0.15, -0.1) is 0 Å². The van der Waals surface area contributed by atoms with Crippen molar-refractivity contribution in [3.63, 3.8) is 0 Å². The van der Waals surface area contributed by atoms with Crippen LogP contribution in [0.15, 0.2) is 54.6 Å². The Labute approximate surface area is 143 Å². The highest BCUT2D eigenvalue weighted by Crippen LogP contribution is 2.18. The zero-order chi connectivity index (χ0) is 17.9. The van der Waals surface area contributed by atoms with Crippen LogP contribution in [-0.2, 0) is 4.79 Å². The molecule has 4 heteroatoms. The fraction of sp³-hybridized carbons (Fsp3) is 0.300. The van der Waals surface area contributed by atoms with Crippen LogP contribution in [0.2, 0.25) is 0 Å². The van der Waals surface area contributed by atoms with Crippen LogP contribution in [0.25, 0.3) is 0 Å². The van der Waals surface area contributed by atoms with E-state index < -0.39 is 11.9 Å². The molecule has 0 aliphatic rings. The van der Waals surface area contributed by atoms with E-state index in [1.807, 2.05) is 6.07 Å². The Hall–Kier alpha value is -2.46. The summed E-state index contributed by atoms with van der Waals surface area (Å²) in [5, 5.41) is 12.1. The number of carboxylic acid groups (broad SMARTS) is 1. The quantitative estimate of drug-likeness (QED) is 0.794. The predicted octanol–water partition coefficient (Wildman–Crippen LogP) is 3.72. The number of carbonyl (C=O) groups excluding carboxylic acids is 1. The average Bonchev–Trinajstić information content (AvgIpc) is 2.62. The van der Waals surface area contributed by atoms with Gasteiger partial charge in [-0.2, -0.15) is 0 Å². The van der Waals surface area contributed by atoms with Crippen LogP contribution in [0.1, 0.15) is 48.2 Å². The lowest BCUT2D eigenvalue weighted by Crippen LogP contribution is -2.09. The maximum absolute atomic E-state index is 12.2. The first kappa shape index (κ1) is 19.6. The van der Waals surface area contributed by atoms with Crippen LogP contribution in [0, 0.1) is 0 Å². The SMILES string of the molecule is CCNCC.C[C@@H](C(=O)O)c1cccc(C(=O)c2ccccc2)c1. The highest BCUT2D eigenvalue weighted by Gasteiger charge is 2.16. The molecule has 2 N–H and O–H groups in total. The summed E-state index contributed by atoms with van der Waals surface area (Å²) in [6.07, 6.45) is 0. The van der Waals surface area contributed by atoms with Crippen molar-refractivity contribution in [2.24, 2.45) is 0 Å². The Bertz CT molecular complexity index is 651. The third-order valence-electron chi connectivity index (χ3n) is 3.56. The number of aliphatic carboxylic acids is 1. The summed E-state index contributed by atoms with van der Waals surface area (Å²) >= 11 is 0. The van der Waals surface area contributed by atoms with E-state index in [1.54, 1.807) is 55.5 Å². The van der Waals surface area contributed by atoms with Crippen LogP contribution in [-0.4, -0.2) is 29.9 Å². The third kappa shape index (κ3) is 5.97. The molecule has 0 aliphatic carbocycles. The van der Waals surface area contributed by atoms with E-state index >= 15 is 0 Å². The van der Waals surface area contributed by atoms with Gasteiger partial charge in [-0.05, 0) is 31.6 Å². The molecule has 1 atom stereocenters. The van der Waals surface area contributed by atoms with Crippen LogP contribution >= 0.6 is 0 Å². The van der Waals surface area contributed by atoms with Crippen molar-refractivity contribution in [1.82, 2.24) is 5.32 Å². The lowest BCUT2D eigenvalue weighted by molar-refractivity contribution is -0.138. The molecule has 0 radical (unpaired) electrons. The van der Waals surface area contributed by atoms with E-state index in [0.29, 0.717) is 16.7 Å². The van der Waals surface area contributed by atoms with Crippen LogP contribution in [0.4, 0.5) is 0 Å². The Morgan fingerprint density at radius 2 is 1.54 bits per heavy atom. The second kappa shape index (κ2) is 10.3. The molecular formula is C20H25NO3. The van der Waals surface area contributed by atoms with E-state index in [0.717, 1.165) is 13.1 Å². The molecule has 0 bridgehead atoms. The van der Waals surface area contributed by atoms with Gasteiger partial charge in [0.1, 0.15) is 0 Å². The van der Waals surface area contributed by atoms with E-state index in [2.05, 4.69) is 19.2 Å². The molecule has 0 unspecified atom stereocenters. The summed E-state index contributed by atoms with van der Waals surface area (Å²) in [5.41, 5.74) is 1.74. The van der Waals surface area contributed by atoms with Crippen LogP contribution in [0.3, 0.4) is 0 Å². The zero-order valence-corrected chi connectivity index (χ0v) is 14.5. The van der Waals surface area contributed by atoms with Crippen molar-refractivity contribution in [3.05, 3.63) is 71.3 Å². The van der Waals surface area contributed by atoms with Crippen molar-refractivity contribution in [2.75, 3.05) is 13.1 Å². The zero-order valence-electron chi connectivity index (χ0n) is 14.5. The van der Waals surface area contributed by atoms with Gasteiger partial charge in [0.05, 0.1) is 5.92 Å². The van der Waals surface area contributed by atoms with Gasteiger partial charge < -0.3 is 10.4 Å². The molecule has 0 saturated heterocycles. The average molecular weight is 327 g/mol. The van der Waals surface area contributed by atoms with Gasteiger partial charge in [0, 0.05) is 11.1 Å². The number of nitrogens with one attached hydrogen (secondary N) is 1. The van der Waals surface area contributed by atoms with Crippen molar-refractivity contribution in [2.45, 2.75) is 26.7 Å². The molecule has 2 rings (SSSR count). The van der Waals surface area contributed by atoms with Crippen molar-refractivity contribution < 1.29 is 14.7 Å². The standard InChI is InChI=1S/C16H14O3.C4H11N/c1-11(16(18)19)13-8-5-9-14(10-13)15(17)12-6-3-2-4-7-12;1-3-5-4-2/h2-11H,1H3,(H,18,19);5H,3-4H2,1-2H3/t11-;/m1./s1. The van der Waals surface area contributed by atoms with Crippen LogP contribution < -0.4 is 5.32 Å². The number of ketones is 1. The molecule has 0 aromatic heterocycles. The number of hydrogen-bond donors (Lipinski definition) is 2. The fourth-order valence-corrected chi connectivity index (χ4v) is 2.10. The van der Waals surface area contributed by atoms with Gasteiger partial charge in [0.2, 0.25) is 0 Å². The normalized spacial score (nSPS) is 11.1. The van der Waals surface area contributed by atoms with E-state index in [-0.39, 0.29) is 5.78 Å². The van der Waals surface area contributed by atoms with E-state index in [1.165, 1.54) is 0 Å². The Balaban J connectivity index is 0.000000505. The number of hydrogen-bond acceptors (Lipinski definition) is 3. The highest BCUT2D eigenvalue weighted by molar-refractivity contribution is 6.09. The maximum atomic E-state index is 12.2. The molecule has 0 spiro atoms. The van der Waals surface area contributed by atoms with E-state index in [9.17, 15) is 9.59 Å². The molecule has 4 nitrogen and oxygen atoms in total. The Kier molecular flexibility index (Phi) is 8.44. The van der Waals surface area contributed by atoms with Crippen molar-refractivity contribution in [3.8, 4) is 0 Å². The second-order valence-electron chi connectivity index (χ2n) is 5.34. The molecule has 24 heavy (non-hydrogen) atoms. The molecular weight excluding hydrogens is 302 g/mol. The molecule has 0 aliphatic heterocycles. The summed E-state index contributed by atoms with van der Waals surface area (Å²) in [5.74, 6) is -1.62. The second-order valence-corrected chi connectivity index (χ2v) is 5.34. The molecule has 0 fully saturated rings. The summed E-state index contributed by atoms with van der Waals surface area (Å²) in [6.45, 7) is 7.99. The minimum Gasteiger partial charge on any atom is -0.481 e. The summed E-state index contributed by atoms with van der Waals surface area (Å²) in [4.78, 5) is 23.2. The van der Waals surface area contributed by atoms with E-state index in [4.69, 9.17) is 5.11 Å². The summed E-state index contributed by atoms with van der Waals surface area (Å²) in [7, 11) is 0. The molecule has 128 valence electrons. The number of carboxylic acids is 1. The minimum atomic E-state index is -0.899. The first-order valence-corrected chi connectivity index (χ1v) is 8.14. The summed E-state index contributed by atoms with van der Waals surface area (Å²) in [6, 6.07) is 15.7. The monoisotopic (exact) mass is 327 g/mol. The fourth-order valence-electron chi connectivity index (χ4n) is 2.10. The predicted molar refractivity (Wildman–Crippen MR) is 96.6 cm³/mol. The largest absolute Gasteiger partial charge is 0.481 e. The van der Waals surface area contributed by atoms with Gasteiger partial charge in [-0.1, -0.05) is 62.4 Å². The highest BCUT2D eigenvalue weighted by atomic mass is 16.4. The molecule has 0 heterocycles. The minimum absolute atomic E-state index is 0.0972. The number of benzene rings is 2. The van der Waals surface area contributed by atoms with Gasteiger partial charge in [0.25, 0.3) is 0 Å². The topological polar surface area (TPSA) is 66.4 Å². The smallest absolute Gasteiger partial charge is 0.310 e. The lowest BCUT2D eigenvalue weighted by Gasteiger charge is -2.08. The lowest BCUT2D eigenvalue weighted by atomic mass is 9.96. The summed E-state index contributed by atoms with van der Waals surface area (Å²) < 4.78 is 0. The van der Waals surface area contributed by atoms with Crippen LogP contribution in [0.5, 0.6) is 0 Å². The maximum Gasteiger partial charge on any atom is 0.310 e. The Morgan fingerprint density at radius 1 is 0.958 bits per heavy atom.